The van der Waals surface area contributed by atoms with E-state index in [2.05, 4.69) is 5.43 Å². The summed E-state index contributed by atoms with van der Waals surface area (Å²) >= 11 is 6.07. The standard InChI is InChI=1S/C18H14ClN3O5/c1-9-3-4-12(8-15(9)19)21-18(25)14(17(24)20-21)7-11-6-13(22(26)27)5-10(2)16(11)23/h3-8,23H,1-2H3,(H,20,24). The predicted molar refractivity (Wildman–Crippen MR) is 99.3 cm³/mol. The largest absolute Gasteiger partial charge is 0.507 e. The molecule has 1 fully saturated rings. The Kier molecular flexibility index (Phi) is 4.59. The molecule has 1 heterocycles. The Labute approximate surface area is 158 Å². The van der Waals surface area contributed by atoms with E-state index in [0.29, 0.717) is 10.7 Å². The number of nitrogens with one attached hydrogen (secondary N) is 1. The van der Waals surface area contributed by atoms with Crippen molar-refractivity contribution in [1.29, 1.82) is 0 Å². The molecule has 9 heteroatoms. The Morgan fingerprint density at radius 3 is 2.52 bits per heavy atom. The highest BCUT2D eigenvalue weighted by molar-refractivity contribution is 6.33. The van der Waals surface area contributed by atoms with E-state index in [1.807, 2.05) is 0 Å². The molecule has 2 aromatic rings. The Hall–Kier alpha value is -3.39. The molecule has 0 bridgehead atoms. The number of phenolic OH excluding ortho intramolecular Hbond substituents is 1. The molecule has 1 aliphatic heterocycles. The molecule has 3 rings (SSSR count). The lowest BCUT2D eigenvalue weighted by molar-refractivity contribution is -0.384. The van der Waals surface area contributed by atoms with E-state index in [1.165, 1.54) is 19.1 Å². The van der Waals surface area contributed by atoms with E-state index in [0.717, 1.165) is 22.7 Å². The van der Waals surface area contributed by atoms with Gasteiger partial charge in [0, 0.05) is 22.7 Å². The number of halogens is 1. The molecule has 1 saturated heterocycles. The van der Waals surface area contributed by atoms with Crippen molar-refractivity contribution in [2.75, 3.05) is 5.01 Å². The van der Waals surface area contributed by atoms with E-state index < -0.39 is 16.7 Å². The van der Waals surface area contributed by atoms with E-state index in [1.54, 1.807) is 19.1 Å². The third kappa shape index (κ3) is 3.34. The Morgan fingerprint density at radius 2 is 1.89 bits per heavy atom. The molecule has 0 spiro atoms. The number of carbonyl (C=O) groups is 2. The van der Waals surface area contributed by atoms with Gasteiger partial charge < -0.3 is 5.11 Å². The van der Waals surface area contributed by atoms with Gasteiger partial charge in [-0.15, -0.1) is 0 Å². The number of rotatable bonds is 3. The second kappa shape index (κ2) is 6.73. The highest BCUT2D eigenvalue weighted by atomic mass is 35.5. The van der Waals surface area contributed by atoms with Crippen molar-refractivity contribution in [1.82, 2.24) is 5.43 Å². The Morgan fingerprint density at radius 1 is 1.19 bits per heavy atom. The summed E-state index contributed by atoms with van der Waals surface area (Å²) in [4.78, 5) is 35.3. The number of nitro groups is 1. The smallest absolute Gasteiger partial charge is 0.282 e. The number of hydrogen-bond acceptors (Lipinski definition) is 5. The second-order valence-corrected chi connectivity index (χ2v) is 6.44. The van der Waals surface area contributed by atoms with Gasteiger partial charge in [0.1, 0.15) is 11.3 Å². The number of anilines is 1. The molecule has 0 unspecified atom stereocenters. The van der Waals surface area contributed by atoms with Crippen LogP contribution < -0.4 is 10.4 Å². The van der Waals surface area contributed by atoms with Crippen LogP contribution in [0.15, 0.2) is 35.9 Å². The summed E-state index contributed by atoms with van der Waals surface area (Å²) in [5.41, 5.74) is 3.33. The molecule has 0 radical (unpaired) electrons. The van der Waals surface area contributed by atoms with Crippen molar-refractivity contribution in [2.24, 2.45) is 0 Å². The minimum atomic E-state index is -0.694. The van der Waals surface area contributed by atoms with Gasteiger partial charge in [-0.25, -0.2) is 5.01 Å². The molecule has 0 atom stereocenters. The van der Waals surface area contributed by atoms with Crippen molar-refractivity contribution in [2.45, 2.75) is 13.8 Å². The number of amides is 2. The number of aromatic hydroxyl groups is 1. The van der Waals surface area contributed by atoms with Crippen LogP contribution in [0.25, 0.3) is 6.08 Å². The summed E-state index contributed by atoms with van der Waals surface area (Å²) in [5, 5.41) is 22.6. The number of nitrogens with zero attached hydrogens (tertiary/aromatic N) is 2. The zero-order chi connectivity index (χ0) is 19.9. The van der Waals surface area contributed by atoms with Gasteiger partial charge >= 0.3 is 0 Å². The molecule has 2 N–H and O–H groups in total. The lowest BCUT2D eigenvalue weighted by Gasteiger charge is -2.15. The zero-order valence-corrected chi connectivity index (χ0v) is 15.1. The minimum absolute atomic E-state index is 0.00369. The highest BCUT2D eigenvalue weighted by Crippen LogP contribution is 2.31. The number of hydrogen-bond donors (Lipinski definition) is 2. The first-order valence-corrected chi connectivity index (χ1v) is 8.18. The normalized spacial score (nSPS) is 15.4. The maximum Gasteiger partial charge on any atom is 0.282 e. The van der Waals surface area contributed by atoms with Crippen LogP contribution in [-0.4, -0.2) is 21.8 Å². The molecule has 27 heavy (non-hydrogen) atoms. The van der Waals surface area contributed by atoms with Crippen molar-refractivity contribution in [3.8, 4) is 5.75 Å². The molecule has 8 nitrogen and oxygen atoms in total. The lowest BCUT2D eigenvalue weighted by Crippen LogP contribution is -2.35. The van der Waals surface area contributed by atoms with Crippen molar-refractivity contribution < 1.29 is 19.6 Å². The quantitative estimate of drug-likeness (QED) is 0.364. The molecular formula is C18H14ClN3O5. The Balaban J connectivity index is 2.03. The fourth-order valence-electron chi connectivity index (χ4n) is 2.62. The van der Waals surface area contributed by atoms with E-state index in [4.69, 9.17) is 11.6 Å². The third-order valence-corrected chi connectivity index (χ3v) is 4.54. The SMILES string of the molecule is Cc1ccc(N2NC(=O)C(=Cc3cc([N+](=O)[O-])cc(C)c3O)C2=O)cc1Cl. The fourth-order valence-corrected chi connectivity index (χ4v) is 2.79. The van der Waals surface area contributed by atoms with Crippen molar-refractivity contribution >= 4 is 40.9 Å². The topological polar surface area (TPSA) is 113 Å². The van der Waals surface area contributed by atoms with Gasteiger partial charge in [0.05, 0.1) is 10.6 Å². The number of benzene rings is 2. The first kappa shape index (κ1) is 18.4. The summed E-state index contributed by atoms with van der Waals surface area (Å²) in [6.07, 6.45) is 1.13. The van der Waals surface area contributed by atoms with Crippen LogP contribution in [0.2, 0.25) is 5.02 Å². The van der Waals surface area contributed by atoms with Crippen molar-refractivity contribution in [3.63, 3.8) is 0 Å². The molecule has 1 aliphatic rings. The second-order valence-electron chi connectivity index (χ2n) is 6.03. The maximum absolute atomic E-state index is 12.6. The van der Waals surface area contributed by atoms with Gasteiger partial charge in [0.2, 0.25) is 0 Å². The van der Waals surface area contributed by atoms with Gasteiger partial charge in [-0.1, -0.05) is 17.7 Å². The van der Waals surface area contributed by atoms with E-state index >= 15 is 0 Å². The lowest BCUT2D eigenvalue weighted by atomic mass is 10.0. The molecule has 2 amide bonds. The first-order valence-electron chi connectivity index (χ1n) is 7.80. The summed E-state index contributed by atoms with van der Waals surface area (Å²) in [6, 6.07) is 7.16. The molecule has 0 saturated carbocycles. The monoisotopic (exact) mass is 387 g/mol. The number of phenols is 1. The molecular weight excluding hydrogens is 374 g/mol. The van der Waals surface area contributed by atoms with Crippen LogP contribution in [-0.2, 0) is 9.59 Å². The summed E-state index contributed by atoms with van der Waals surface area (Å²) in [7, 11) is 0. The predicted octanol–water partition coefficient (Wildman–Crippen LogP) is 3.03. The number of non-ortho nitro benzene ring substituents is 1. The number of hydrazine groups is 1. The third-order valence-electron chi connectivity index (χ3n) is 4.13. The number of carbonyl (C=O) groups excluding carboxylic acids is 2. The van der Waals surface area contributed by atoms with Crippen LogP contribution in [0.4, 0.5) is 11.4 Å². The van der Waals surface area contributed by atoms with Gasteiger partial charge in [0.15, 0.2) is 0 Å². The van der Waals surface area contributed by atoms with Gasteiger partial charge in [-0.3, -0.25) is 25.1 Å². The van der Waals surface area contributed by atoms with Gasteiger partial charge in [-0.2, -0.15) is 0 Å². The summed E-state index contributed by atoms with van der Waals surface area (Å²) in [6.45, 7) is 3.29. The zero-order valence-electron chi connectivity index (χ0n) is 14.3. The van der Waals surface area contributed by atoms with E-state index in [9.17, 15) is 24.8 Å². The fraction of sp³-hybridized carbons (Fsp3) is 0.111. The number of aryl methyl sites for hydroxylation is 2. The van der Waals surface area contributed by atoms with Gasteiger partial charge in [0.25, 0.3) is 17.5 Å². The summed E-state index contributed by atoms with van der Waals surface area (Å²) < 4.78 is 0. The Bertz CT molecular complexity index is 1030. The van der Waals surface area contributed by atoms with Crippen LogP contribution in [0.5, 0.6) is 5.75 Å². The van der Waals surface area contributed by atoms with Crippen molar-refractivity contribution in [3.05, 3.63) is 67.7 Å². The average molecular weight is 388 g/mol. The summed E-state index contributed by atoms with van der Waals surface area (Å²) in [5.74, 6) is -1.60. The highest BCUT2D eigenvalue weighted by Gasteiger charge is 2.35. The molecule has 0 aliphatic carbocycles. The maximum atomic E-state index is 12.6. The van der Waals surface area contributed by atoms with Crippen LogP contribution in [0.3, 0.4) is 0 Å². The van der Waals surface area contributed by atoms with Crippen LogP contribution in [0, 0.1) is 24.0 Å². The van der Waals surface area contributed by atoms with Gasteiger partial charge in [-0.05, 0) is 43.2 Å². The number of nitro benzene ring substituents is 1. The molecule has 138 valence electrons. The minimum Gasteiger partial charge on any atom is -0.507 e. The van der Waals surface area contributed by atoms with E-state index in [-0.39, 0.29) is 28.1 Å². The van der Waals surface area contributed by atoms with Crippen LogP contribution >= 0.6 is 11.6 Å². The molecule has 2 aromatic carbocycles. The average Bonchev–Trinajstić information content (AvgIpc) is 2.89. The van der Waals surface area contributed by atoms with Crippen LogP contribution in [0.1, 0.15) is 16.7 Å². The first-order chi connectivity index (χ1) is 12.7. The molecule has 0 aromatic heterocycles.